The number of nitrogens with zero attached hydrogens (tertiary/aromatic N) is 1. The fourth-order valence-electron chi connectivity index (χ4n) is 3.92. The number of hydrogen-bond acceptors (Lipinski definition) is 8. The largest absolute Gasteiger partial charge is 0.492 e. The summed E-state index contributed by atoms with van der Waals surface area (Å²) < 4.78 is 20.3. The van der Waals surface area contributed by atoms with Gasteiger partial charge in [-0.3, -0.25) is 0 Å². The Morgan fingerprint density at radius 3 is 2.13 bits per heavy atom. The van der Waals surface area contributed by atoms with Crippen LogP contribution in [0, 0.1) is 11.2 Å². The summed E-state index contributed by atoms with van der Waals surface area (Å²) in [5, 5.41) is 13.3. The predicted molar refractivity (Wildman–Crippen MR) is 160 cm³/mol. The van der Waals surface area contributed by atoms with Crippen LogP contribution in [0.5, 0.6) is 5.75 Å². The Labute approximate surface area is 231 Å². The monoisotopic (exact) mass is 541 g/mol. The molecule has 214 valence electrons. The zero-order chi connectivity index (χ0) is 29.3. The summed E-state index contributed by atoms with van der Waals surface area (Å²) in [5.74, 6) is 0.413. The van der Waals surface area contributed by atoms with Gasteiger partial charge in [-0.05, 0) is 74.8 Å². The Morgan fingerprint density at radius 1 is 1.10 bits per heavy atom. The number of hydrogen-bond donors (Lipinski definition) is 4. The number of halogens is 1. The number of nitrogens with one attached hydrogen (secondary N) is 4. The Morgan fingerprint density at radius 2 is 1.72 bits per heavy atom. The molecule has 0 bridgehead atoms. The number of rotatable bonds is 11. The van der Waals surface area contributed by atoms with Crippen LogP contribution in [0.15, 0.2) is 41.4 Å². The van der Waals surface area contributed by atoms with Gasteiger partial charge in [-0.15, -0.1) is 0 Å². The van der Waals surface area contributed by atoms with Crippen molar-refractivity contribution in [2.24, 2.45) is 10.4 Å². The van der Waals surface area contributed by atoms with Crippen molar-refractivity contribution in [3.05, 3.63) is 52.7 Å². The van der Waals surface area contributed by atoms with Gasteiger partial charge in [-0.1, -0.05) is 20.4 Å². The molecule has 3 rings (SSSR count). The molecule has 0 saturated heterocycles. The molecule has 0 atom stereocenters. The summed E-state index contributed by atoms with van der Waals surface area (Å²) >= 11 is 0. The number of anilines is 2. The lowest BCUT2D eigenvalue weighted by atomic mass is 9.68. The first-order valence-corrected chi connectivity index (χ1v) is 13.0. The lowest BCUT2D eigenvalue weighted by molar-refractivity contribution is -0.114. The van der Waals surface area contributed by atoms with Crippen LogP contribution in [-0.4, -0.2) is 59.1 Å². The molecule has 39 heavy (non-hydrogen) atoms. The van der Waals surface area contributed by atoms with Crippen molar-refractivity contribution in [1.82, 2.24) is 10.6 Å². The van der Waals surface area contributed by atoms with E-state index in [9.17, 15) is 14.0 Å². The first kappa shape index (κ1) is 33.5. The number of carbonyl (C=O) groups is 2. The van der Waals surface area contributed by atoms with Crippen molar-refractivity contribution >= 4 is 42.6 Å². The van der Waals surface area contributed by atoms with Gasteiger partial charge in [0.1, 0.15) is 36.6 Å². The van der Waals surface area contributed by atoms with Gasteiger partial charge in [-0.25, -0.2) is 9.38 Å². The maximum Gasteiger partial charge on any atom is 0.140 e. The zero-order valence-electron chi connectivity index (χ0n) is 24.1. The highest BCUT2D eigenvalue weighted by Crippen LogP contribution is 2.39. The average molecular weight is 542 g/mol. The molecule has 1 aliphatic rings. The van der Waals surface area contributed by atoms with E-state index in [1.165, 1.54) is 18.9 Å². The van der Waals surface area contributed by atoms with Gasteiger partial charge in [0.05, 0.1) is 11.6 Å². The van der Waals surface area contributed by atoms with Crippen molar-refractivity contribution in [3.8, 4) is 5.75 Å². The van der Waals surface area contributed by atoms with E-state index in [0.717, 1.165) is 17.4 Å². The van der Waals surface area contributed by atoms with Crippen molar-refractivity contribution in [1.29, 1.82) is 0 Å². The third-order valence-electron chi connectivity index (χ3n) is 5.90. The fraction of sp³-hybridized carbons (Fsp3) is 0.433. The minimum atomic E-state index is -0.433. The van der Waals surface area contributed by atoms with Gasteiger partial charge in [0.15, 0.2) is 0 Å². The van der Waals surface area contributed by atoms with Crippen LogP contribution < -0.4 is 36.4 Å². The Bertz CT molecular complexity index is 1150. The summed E-state index contributed by atoms with van der Waals surface area (Å²) in [6.45, 7) is 11.5. The first-order valence-electron chi connectivity index (χ1n) is 13.0. The molecule has 0 aromatic heterocycles. The highest BCUT2D eigenvalue weighted by Gasteiger charge is 2.34. The number of carbonyl (C=O) groups excluding carboxylic acids is 2. The van der Waals surface area contributed by atoms with Crippen LogP contribution in [0.3, 0.4) is 0 Å². The van der Waals surface area contributed by atoms with Crippen LogP contribution in [0.1, 0.15) is 40.0 Å². The minimum Gasteiger partial charge on any atom is -0.492 e. The van der Waals surface area contributed by atoms with E-state index in [4.69, 9.17) is 4.74 Å². The molecule has 4 N–H and O–H groups in total. The number of benzene rings is 2. The average Bonchev–Trinajstić information content (AvgIpc) is 2.89. The molecule has 2 aromatic rings. The number of aliphatic imine (C=N–C) groups is 1. The topological polar surface area (TPSA) is 104 Å². The van der Waals surface area contributed by atoms with Crippen molar-refractivity contribution < 1.29 is 18.7 Å². The number of likely N-dealkylation sites (N-methyl/N-ethyl adjacent to an activating group) is 1. The molecular formula is C30H44FN5O3. The van der Waals surface area contributed by atoms with Crippen molar-refractivity contribution in [2.45, 2.75) is 46.1 Å². The molecule has 0 heterocycles. The highest BCUT2D eigenvalue weighted by molar-refractivity contribution is 5.72. The van der Waals surface area contributed by atoms with Crippen LogP contribution in [0.4, 0.5) is 15.8 Å². The predicted octanol–water partition coefficient (Wildman–Crippen LogP) is 3.31. The van der Waals surface area contributed by atoms with Gasteiger partial charge >= 0.3 is 0 Å². The summed E-state index contributed by atoms with van der Waals surface area (Å²) in [6.07, 6.45) is 5.47. The molecule has 2 aromatic carbocycles. The molecule has 0 radical (unpaired) electrons. The normalized spacial score (nSPS) is 14.5. The molecule has 0 aliphatic heterocycles. The second-order valence-corrected chi connectivity index (χ2v) is 9.71. The van der Waals surface area contributed by atoms with Gasteiger partial charge in [0.25, 0.3) is 0 Å². The van der Waals surface area contributed by atoms with Crippen LogP contribution in [-0.2, 0) is 9.59 Å². The van der Waals surface area contributed by atoms with E-state index in [1.54, 1.807) is 19.2 Å². The number of ether oxygens (including phenoxy) is 1. The Hall–Kier alpha value is -3.56. The van der Waals surface area contributed by atoms with Crippen LogP contribution in [0.25, 0.3) is 12.4 Å². The van der Waals surface area contributed by atoms with Gasteiger partial charge < -0.3 is 35.6 Å². The summed E-state index contributed by atoms with van der Waals surface area (Å²) in [4.78, 5) is 22.6. The van der Waals surface area contributed by atoms with Crippen molar-refractivity contribution in [2.75, 3.05) is 44.9 Å². The molecule has 8 nitrogen and oxygen atoms in total. The molecule has 1 aliphatic carbocycles. The van der Waals surface area contributed by atoms with Gasteiger partial charge in [0, 0.05) is 43.3 Å². The van der Waals surface area contributed by atoms with E-state index in [-0.39, 0.29) is 6.42 Å². The van der Waals surface area contributed by atoms with E-state index in [0.29, 0.717) is 53.1 Å². The Kier molecular flexibility index (Phi) is 15.3. The summed E-state index contributed by atoms with van der Waals surface area (Å²) in [5.41, 5.74) is 2.43. The third kappa shape index (κ3) is 12.2. The quantitative estimate of drug-likeness (QED) is 0.150. The molecule has 0 unspecified atom stereocenters. The van der Waals surface area contributed by atoms with Crippen LogP contribution in [0.2, 0.25) is 0 Å². The summed E-state index contributed by atoms with van der Waals surface area (Å²) in [6, 6.07) is 11.5. The van der Waals surface area contributed by atoms with E-state index in [2.05, 4.69) is 46.7 Å². The molecule has 1 saturated carbocycles. The molecule has 9 heteroatoms. The molecule has 0 spiro atoms. The molecular weight excluding hydrogens is 497 g/mol. The number of aldehydes is 2. The fourth-order valence-corrected chi connectivity index (χ4v) is 3.92. The van der Waals surface area contributed by atoms with E-state index < -0.39 is 5.82 Å². The van der Waals surface area contributed by atoms with E-state index >= 15 is 0 Å². The maximum absolute atomic E-state index is 14.7. The van der Waals surface area contributed by atoms with Crippen LogP contribution >= 0.6 is 0 Å². The SMILES string of the molecule is C=c1cc(OCCNC)cc(F)/c1=C(/N=C\C)Nc1ccc(NC)cc1.CNC1CC(C)(C)C1.O=CCC=O. The van der Waals surface area contributed by atoms with Crippen molar-refractivity contribution in [3.63, 3.8) is 0 Å². The minimum absolute atomic E-state index is 0.0278. The molecule has 0 amide bonds. The standard InChI is InChI=1S/C20H25FN4O.C7H15N.C3H4O2/c1-5-24-20(25-16-8-6-15(23-4)7-9-16)19-14(2)12-17(13-18(19)21)26-11-10-22-3;1-7(2)4-6(5-7)8-3;4-2-1-3-5/h5-9,12-13,22-23,25H,2,10-11H2,1,3-4H3;6,8H,4-5H2,1-3H3;2-3H,1H2/b20-19-,24-5-;;. The lowest BCUT2D eigenvalue weighted by Crippen LogP contribution is -2.44. The smallest absolute Gasteiger partial charge is 0.140 e. The maximum atomic E-state index is 14.7. The second-order valence-electron chi connectivity index (χ2n) is 9.71. The van der Waals surface area contributed by atoms with E-state index in [1.807, 2.05) is 45.4 Å². The Balaban J connectivity index is 0.000000478. The van der Waals surface area contributed by atoms with Gasteiger partial charge in [-0.2, -0.15) is 0 Å². The third-order valence-corrected chi connectivity index (χ3v) is 5.90. The molecule has 1 fully saturated rings. The summed E-state index contributed by atoms with van der Waals surface area (Å²) in [7, 11) is 5.73. The highest BCUT2D eigenvalue weighted by atomic mass is 19.1. The first-order chi connectivity index (χ1) is 18.6. The lowest BCUT2D eigenvalue weighted by Gasteiger charge is -2.42. The van der Waals surface area contributed by atoms with Gasteiger partial charge in [0.2, 0.25) is 0 Å². The second kappa shape index (κ2) is 17.9. The zero-order valence-corrected chi connectivity index (χ0v) is 24.1.